The zero-order valence-electron chi connectivity index (χ0n) is 6.95. The van der Waals surface area contributed by atoms with Gasteiger partial charge in [-0.05, 0) is 26.1 Å². The molecule has 1 saturated heterocycles. The minimum atomic E-state index is 0.00366. The van der Waals surface area contributed by atoms with Crippen molar-refractivity contribution in [3.63, 3.8) is 0 Å². The summed E-state index contributed by atoms with van der Waals surface area (Å²) in [6.07, 6.45) is 6.16. The highest BCUT2D eigenvalue weighted by Crippen LogP contribution is 2.24. The molecule has 0 bridgehead atoms. The molecule has 0 aromatic rings. The van der Waals surface area contributed by atoms with E-state index in [9.17, 15) is 0 Å². The summed E-state index contributed by atoms with van der Waals surface area (Å²) in [5.41, 5.74) is 0.00366. The van der Waals surface area contributed by atoms with Crippen LogP contribution in [0.25, 0.3) is 0 Å². The van der Waals surface area contributed by atoms with E-state index in [1.165, 1.54) is 0 Å². The standard InChI is InChI=1S/C8H12BNO/c1-8(2)7-10-6-4-3-5-9(10)11-8/h3-6H,7H2,1-2H3. The minimum Gasteiger partial charge on any atom is -0.406 e. The summed E-state index contributed by atoms with van der Waals surface area (Å²) in [6, 6.07) is 0. The number of fused-ring (bicyclic) bond motifs is 1. The fourth-order valence-corrected chi connectivity index (χ4v) is 1.57. The van der Waals surface area contributed by atoms with Gasteiger partial charge in [0, 0.05) is 6.54 Å². The van der Waals surface area contributed by atoms with Crippen LogP contribution in [0.4, 0.5) is 0 Å². The molecule has 58 valence electrons. The van der Waals surface area contributed by atoms with Crippen LogP contribution < -0.4 is 0 Å². The Hall–Kier alpha value is -0.695. The van der Waals surface area contributed by atoms with Gasteiger partial charge in [0.2, 0.25) is 0 Å². The second kappa shape index (κ2) is 2.14. The summed E-state index contributed by atoms with van der Waals surface area (Å²) in [6.45, 7) is 5.22. The SMILES string of the molecule is CC1(C)CN2C=CC=CB2O1. The normalized spacial score (nSPS) is 26.0. The van der Waals surface area contributed by atoms with Crippen LogP contribution in [0.15, 0.2) is 24.3 Å². The zero-order valence-corrected chi connectivity index (χ0v) is 6.95. The topological polar surface area (TPSA) is 12.5 Å². The molecule has 2 rings (SSSR count). The average Bonchev–Trinajstić information content (AvgIpc) is 2.21. The lowest BCUT2D eigenvalue weighted by Crippen LogP contribution is -2.29. The zero-order chi connectivity index (χ0) is 7.90. The van der Waals surface area contributed by atoms with Crippen molar-refractivity contribution in [2.24, 2.45) is 0 Å². The van der Waals surface area contributed by atoms with Gasteiger partial charge >= 0.3 is 7.05 Å². The molecule has 0 saturated carbocycles. The summed E-state index contributed by atoms with van der Waals surface area (Å²) in [7, 11) is 0.176. The Bertz CT molecular complexity index is 200. The van der Waals surface area contributed by atoms with Gasteiger partial charge in [-0.15, -0.1) is 0 Å². The van der Waals surface area contributed by atoms with Gasteiger partial charge in [0.1, 0.15) is 0 Å². The predicted molar refractivity (Wildman–Crippen MR) is 45.9 cm³/mol. The maximum atomic E-state index is 5.74. The molecule has 2 aliphatic rings. The monoisotopic (exact) mass is 149 g/mol. The van der Waals surface area contributed by atoms with Crippen molar-refractivity contribution < 1.29 is 4.65 Å². The van der Waals surface area contributed by atoms with Gasteiger partial charge in [0.25, 0.3) is 0 Å². The first-order valence-electron chi connectivity index (χ1n) is 3.96. The van der Waals surface area contributed by atoms with Crippen molar-refractivity contribution in [3.8, 4) is 0 Å². The van der Waals surface area contributed by atoms with E-state index >= 15 is 0 Å². The van der Waals surface area contributed by atoms with Crippen molar-refractivity contribution in [3.05, 3.63) is 24.3 Å². The second-order valence-corrected chi connectivity index (χ2v) is 3.67. The van der Waals surface area contributed by atoms with E-state index in [4.69, 9.17) is 4.65 Å². The number of rotatable bonds is 0. The molecule has 2 aliphatic heterocycles. The number of hydrogen-bond donors (Lipinski definition) is 0. The first-order valence-corrected chi connectivity index (χ1v) is 3.96. The minimum absolute atomic E-state index is 0.00366. The van der Waals surface area contributed by atoms with Crippen LogP contribution in [0, 0.1) is 0 Å². The summed E-state index contributed by atoms with van der Waals surface area (Å²) in [4.78, 5) is 2.21. The molecule has 0 unspecified atom stereocenters. The highest BCUT2D eigenvalue weighted by atomic mass is 16.5. The van der Waals surface area contributed by atoms with E-state index in [0.29, 0.717) is 0 Å². The van der Waals surface area contributed by atoms with Crippen molar-refractivity contribution in [1.82, 2.24) is 4.81 Å². The third kappa shape index (κ3) is 1.20. The number of allylic oxidation sites excluding steroid dienone is 2. The summed E-state index contributed by atoms with van der Waals surface area (Å²) < 4.78 is 5.74. The Morgan fingerprint density at radius 3 is 3.00 bits per heavy atom. The van der Waals surface area contributed by atoms with Gasteiger partial charge in [-0.1, -0.05) is 12.1 Å². The van der Waals surface area contributed by atoms with Gasteiger partial charge in [-0.2, -0.15) is 0 Å². The summed E-state index contributed by atoms with van der Waals surface area (Å²) >= 11 is 0. The van der Waals surface area contributed by atoms with Crippen LogP contribution >= 0.6 is 0 Å². The van der Waals surface area contributed by atoms with Gasteiger partial charge in [-0.3, -0.25) is 0 Å². The third-order valence-electron chi connectivity index (χ3n) is 1.99. The lowest BCUT2D eigenvalue weighted by Gasteiger charge is -2.17. The van der Waals surface area contributed by atoms with E-state index in [1.807, 2.05) is 12.2 Å². The maximum Gasteiger partial charge on any atom is 0.444 e. The molecule has 0 spiro atoms. The van der Waals surface area contributed by atoms with Gasteiger partial charge < -0.3 is 9.47 Å². The number of hydrogen-bond acceptors (Lipinski definition) is 2. The molecule has 11 heavy (non-hydrogen) atoms. The van der Waals surface area contributed by atoms with Crippen LogP contribution in [0.3, 0.4) is 0 Å². The van der Waals surface area contributed by atoms with Crippen molar-refractivity contribution in [2.45, 2.75) is 19.4 Å². The van der Waals surface area contributed by atoms with Crippen LogP contribution in [-0.2, 0) is 4.65 Å². The molecule has 3 heteroatoms. The average molecular weight is 149 g/mol. The molecule has 0 N–H and O–H groups in total. The largest absolute Gasteiger partial charge is 0.444 e. The summed E-state index contributed by atoms with van der Waals surface area (Å²) in [5.74, 6) is 2.08. The third-order valence-corrected chi connectivity index (χ3v) is 1.99. The molecule has 0 aromatic carbocycles. The molecule has 0 aliphatic carbocycles. The van der Waals surface area contributed by atoms with Crippen molar-refractivity contribution in [1.29, 1.82) is 0 Å². The molecule has 0 aromatic heterocycles. The Labute approximate surface area is 67.7 Å². The number of nitrogens with zero attached hydrogens (tertiary/aromatic N) is 1. The fraction of sp³-hybridized carbons (Fsp3) is 0.500. The molecular weight excluding hydrogens is 137 g/mol. The molecular formula is C8H12BNO. The molecule has 2 heterocycles. The molecule has 0 amide bonds. The molecule has 2 nitrogen and oxygen atoms in total. The fourth-order valence-electron chi connectivity index (χ4n) is 1.57. The van der Waals surface area contributed by atoms with Crippen LogP contribution in [0.2, 0.25) is 0 Å². The lowest BCUT2D eigenvalue weighted by molar-refractivity contribution is 0.146. The van der Waals surface area contributed by atoms with Gasteiger partial charge in [0.05, 0.1) is 5.60 Å². The predicted octanol–water partition coefficient (Wildman–Crippen LogP) is 1.21. The molecule has 0 radical (unpaired) electrons. The molecule has 0 atom stereocenters. The maximum absolute atomic E-state index is 5.74. The van der Waals surface area contributed by atoms with E-state index in [0.717, 1.165) is 6.54 Å². The smallest absolute Gasteiger partial charge is 0.406 e. The highest BCUT2D eigenvalue weighted by Gasteiger charge is 2.39. The Morgan fingerprint density at radius 1 is 1.45 bits per heavy atom. The first-order chi connectivity index (χ1) is 5.17. The van der Waals surface area contributed by atoms with E-state index in [-0.39, 0.29) is 12.7 Å². The Morgan fingerprint density at radius 2 is 2.27 bits per heavy atom. The van der Waals surface area contributed by atoms with Crippen LogP contribution in [0.5, 0.6) is 0 Å². The second-order valence-electron chi connectivity index (χ2n) is 3.67. The Balaban J connectivity index is 2.18. The first kappa shape index (κ1) is 6.98. The summed E-state index contributed by atoms with van der Waals surface area (Å²) in [5, 5.41) is 0. The van der Waals surface area contributed by atoms with E-state index < -0.39 is 0 Å². The lowest BCUT2D eigenvalue weighted by atomic mass is 9.80. The van der Waals surface area contributed by atoms with E-state index in [2.05, 4.69) is 30.8 Å². The van der Waals surface area contributed by atoms with Crippen LogP contribution in [0.1, 0.15) is 13.8 Å². The van der Waals surface area contributed by atoms with Crippen molar-refractivity contribution in [2.75, 3.05) is 6.54 Å². The highest BCUT2D eigenvalue weighted by molar-refractivity contribution is 6.56. The Kier molecular flexibility index (Phi) is 1.36. The van der Waals surface area contributed by atoms with Crippen LogP contribution in [-0.4, -0.2) is 24.0 Å². The van der Waals surface area contributed by atoms with Gasteiger partial charge in [-0.25, -0.2) is 0 Å². The van der Waals surface area contributed by atoms with E-state index in [1.54, 1.807) is 0 Å². The van der Waals surface area contributed by atoms with Crippen molar-refractivity contribution >= 4 is 7.05 Å². The quantitative estimate of drug-likeness (QED) is 0.480. The van der Waals surface area contributed by atoms with Gasteiger partial charge in [0.15, 0.2) is 0 Å². The molecule has 1 fully saturated rings.